The van der Waals surface area contributed by atoms with Crippen LogP contribution in [0, 0.1) is 0 Å². The Morgan fingerprint density at radius 3 is 3.00 bits per heavy atom. The highest BCUT2D eigenvalue weighted by molar-refractivity contribution is 6.33. The first-order chi connectivity index (χ1) is 7.18. The van der Waals surface area contributed by atoms with Gasteiger partial charge in [-0.1, -0.05) is 11.6 Å². The topological polar surface area (TPSA) is 55.6 Å². The van der Waals surface area contributed by atoms with Crippen LogP contribution in [0.5, 0.6) is 0 Å². The van der Waals surface area contributed by atoms with Crippen molar-refractivity contribution in [2.24, 2.45) is 0 Å². The van der Waals surface area contributed by atoms with Crippen molar-refractivity contribution >= 4 is 23.2 Å². The molecule has 0 spiro atoms. The summed E-state index contributed by atoms with van der Waals surface area (Å²) >= 11 is 5.91. The maximum Gasteiger partial charge on any atom is 0.279 e. The Kier molecular flexibility index (Phi) is 2.79. The van der Waals surface area contributed by atoms with E-state index in [9.17, 15) is 4.79 Å². The molecule has 5 heteroatoms. The van der Waals surface area contributed by atoms with Crippen LogP contribution in [0.2, 0.25) is 5.02 Å². The quantitative estimate of drug-likeness (QED) is 0.742. The van der Waals surface area contributed by atoms with E-state index >= 15 is 0 Å². The molecular formula is C10H11ClN2O2. The number of anilines is 1. The van der Waals surface area contributed by atoms with Crippen molar-refractivity contribution in [3.8, 4) is 0 Å². The molecular weight excluding hydrogens is 216 g/mol. The summed E-state index contributed by atoms with van der Waals surface area (Å²) < 4.78 is 0. The number of carbonyl (C=O) groups excluding carboxylic acids is 1. The van der Waals surface area contributed by atoms with E-state index in [0.717, 1.165) is 6.42 Å². The third kappa shape index (κ3) is 2.06. The lowest BCUT2D eigenvalue weighted by atomic mass is 10.2. The standard InChI is InChI=1S/C10H11ClN2O2/c11-9-3-2-7(12)6-8(9)10(14)13-4-1-5-15-13/h2-3,6H,1,4-5,12H2. The fourth-order valence-electron chi connectivity index (χ4n) is 1.45. The Bertz CT molecular complexity index is 389. The second-order valence-corrected chi connectivity index (χ2v) is 3.74. The number of hydrogen-bond acceptors (Lipinski definition) is 3. The van der Waals surface area contributed by atoms with Gasteiger partial charge in [0.25, 0.3) is 5.91 Å². The van der Waals surface area contributed by atoms with E-state index in [1.54, 1.807) is 18.2 Å². The average molecular weight is 227 g/mol. The van der Waals surface area contributed by atoms with Gasteiger partial charge in [-0.3, -0.25) is 9.63 Å². The van der Waals surface area contributed by atoms with Gasteiger partial charge in [-0.25, -0.2) is 5.06 Å². The predicted molar refractivity (Wildman–Crippen MR) is 57.5 cm³/mol. The highest BCUT2D eigenvalue weighted by Gasteiger charge is 2.22. The molecule has 0 bridgehead atoms. The summed E-state index contributed by atoms with van der Waals surface area (Å²) in [6.07, 6.45) is 0.853. The second kappa shape index (κ2) is 4.08. The van der Waals surface area contributed by atoms with Crippen LogP contribution in [0.3, 0.4) is 0 Å². The van der Waals surface area contributed by atoms with Gasteiger partial charge >= 0.3 is 0 Å². The van der Waals surface area contributed by atoms with Crippen molar-refractivity contribution < 1.29 is 9.63 Å². The summed E-state index contributed by atoms with van der Waals surface area (Å²) in [6.45, 7) is 1.18. The summed E-state index contributed by atoms with van der Waals surface area (Å²) in [5, 5.41) is 1.71. The Balaban J connectivity index is 2.27. The van der Waals surface area contributed by atoms with E-state index in [2.05, 4.69) is 0 Å². The summed E-state index contributed by atoms with van der Waals surface area (Å²) in [7, 11) is 0. The van der Waals surface area contributed by atoms with Crippen LogP contribution in [0.4, 0.5) is 5.69 Å². The summed E-state index contributed by atoms with van der Waals surface area (Å²) in [6, 6.07) is 4.83. The van der Waals surface area contributed by atoms with Crippen molar-refractivity contribution in [2.45, 2.75) is 6.42 Å². The smallest absolute Gasteiger partial charge is 0.279 e. The van der Waals surface area contributed by atoms with Crippen LogP contribution < -0.4 is 5.73 Å². The van der Waals surface area contributed by atoms with Crippen molar-refractivity contribution in [1.82, 2.24) is 5.06 Å². The molecule has 1 heterocycles. The number of nitrogen functional groups attached to an aromatic ring is 1. The molecule has 0 atom stereocenters. The Morgan fingerprint density at radius 1 is 1.53 bits per heavy atom. The molecule has 4 nitrogen and oxygen atoms in total. The van der Waals surface area contributed by atoms with Gasteiger partial charge in [0.2, 0.25) is 0 Å². The minimum absolute atomic E-state index is 0.232. The van der Waals surface area contributed by atoms with E-state index in [4.69, 9.17) is 22.2 Å². The van der Waals surface area contributed by atoms with Crippen molar-refractivity contribution in [1.29, 1.82) is 0 Å². The molecule has 1 aromatic rings. The largest absolute Gasteiger partial charge is 0.399 e. The number of hydroxylamine groups is 2. The van der Waals surface area contributed by atoms with Gasteiger partial charge in [-0.2, -0.15) is 0 Å². The van der Waals surface area contributed by atoms with E-state index < -0.39 is 0 Å². The maximum absolute atomic E-state index is 11.9. The van der Waals surface area contributed by atoms with Crippen molar-refractivity contribution in [3.63, 3.8) is 0 Å². The zero-order valence-corrected chi connectivity index (χ0v) is 8.83. The van der Waals surface area contributed by atoms with E-state index in [1.807, 2.05) is 0 Å². The summed E-state index contributed by atoms with van der Waals surface area (Å²) in [5.41, 5.74) is 6.50. The van der Waals surface area contributed by atoms with Crippen LogP contribution in [-0.4, -0.2) is 24.1 Å². The summed E-state index contributed by atoms with van der Waals surface area (Å²) in [4.78, 5) is 17.0. The lowest BCUT2D eigenvalue weighted by molar-refractivity contribution is -0.0768. The molecule has 0 aliphatic carbocycles. The average Bonchev–Trinajstić information content (AvgIpc) is 2.74. The van der Waals surface area contributed by atoms with Gasteiger partial charge in [-0.15, -0.1) is 0 Å². The molecule has 1 amide bonds. The number of carbonyl (C=O) groups is 1. The molecule has 0 radical (unpaired) electrons. The molecule has 1 aliphatic rings. The van der Waals surface area contributed by atoms with Crippen molar-refractivity contribution in [3.05, 3.63) is 28.8 Å². The lowest BCUT2D eigenvalue weighted by Crippen LogP contribution is -2.26. The zero-order valence-electron chi connectivity index (χ0n) is 8.07. The van der Waals surface area contributed by atoms with Crippen LogP contribution >= 0.6 is 11.6 Å². The first kappa shape index (κ1) is 10.3. The molecule has 15 heavy (non-hydrogen) atoms. The summed E-state index contributed by atoms with van der Waals surface area (Å²) in [5.74, 6) is -0.232. The van der Waals surface area contributed by atoms with Gasteiger partial charge < -0.3 is 5.73 Å². The van der Waals surface area contributed by atoms with E-state index in [1.165, 1.54) is 5.06 Å². The Labute approximate surface area is 92.5 Å². The lowest BCUT2D eigenvalue weighted by Gasteiger charge is -2.14. The molecule has 0 aromatic heterocycles. The molecule has 1 aliphatic heterocycles. The Morgan fingerprint density at radius 2 is 2.33 bits per heavy atom. The normalized spacial score (nSPS) is 15.7. The molecule has 2 N–H and O–H groups in total. The highest BCUT2D eigenvalue weighted by Crippen LogP contribution is 2.21. The number of nitrogens with two attached hydrogens (primary N) is 1. The maximum atomic E-state index is 11.9. The molecule has 2 rings (SSSR count). The highest BCUT2D eigenvalue weighted by atomic mass is 35.5. The first-order valence-corrected chi connectivity index (χ1v) is 5.06. The number of benzene rings is 1. The van der Waals surface area contributed by atoms with Crippen LogP contribution in [0.15, 0.2) is 18.2 Å². The zero-order chi connectivity index (χ0) is 10.8. The fourth-order valence-corrected chi connectivity index (χ4v) is 1.65. The minimum Gasteiger partial charge on any atom is -0.399 e. The monoisotopic (exact) mass is 226 g/mol. The molecule has 0 unspecified atom stereocenters. The van der Waals surface area contributed by atoms with Gasteiger partial charge in [-0.05, 0) is 24.6 Å². The van der Waals surface area contributed by atoms with Crippen LogP contribution in [0.25, 0.3) is 0 Å². The minimum atomic E-state index is -0.232. The van der Waals surface area contributed by atoms with Gasteiger partial charge in [0.1, 0.15) is 0 Å². The third-order valence-corrected chi connectivity index (χ3v) is 2.53. The van der Waals surface area contributed by atoms with Gasteiger partial charge in [0.15, 0.2) is 0 Å². The van der Waals surface area contributed by atoms with Crippen LogP contribution in [0.1, 0.15) is 16.8 Å². The molecule has 1 saturated heterocycles. The number of rotatable bonds is 1. The first-order valence-electron chi connectivity index (χ1n) is 4.68. The predicted octanol–water partition coefficient (Wildman–Crippen LogP) is 1.70. The fraction of sp³-hybridized carbons (Fsp3) is 0.300. The third-order valence-electron chi connectivity index (χ3n) is 2.20. The number of amides is 1. The van der Waals surface area contributed by atoms with E-state index in [-0.39, 0.29) is 5.91 Å². The van der Waals surface area contributed by atoms with Gasteiger partial charge in [0, 0.05) is 5.69 Å². The van der Waals surface area contributed by atoms with E-state index in [0.29, 0.717) is 29.4 Å². The number of halogens is 1. The van der Waals surface area contributed by atoms with Gasteiger partial charge in [0.05, 0.1) is 23.7 Å². The molecule has 0 saturated carbocycles. The molecule has 1 aromatic carbocycles. The SMILES string of the molecule is Nc1ccc(Cl)c(C(=O)N2CCCO2)c1. The van der Waals surface area contributed by atoms with Crippen LogP contribution in [-0.2, 0) is 4.84 Å². The second-order valence-electron chi connectivity index (χ2n) is 3.33. The molecule has 1 fully saturated rings. The number of hydrogen-bond donors (Lipinski definition) is 1. The Hall–Kier alpha value is -1.26. The molecule has 80 valence electrons. The van der Waals surface area contributed by atoms with Crippen molar-refractivity contribution in [2.75, 3.05) is 18.9 Å². The number of nitrogens with zero attached hydrogens (tertiary/aromatic N) is 1.